The first-order valence-corrected chi connectivity index (χ1v) is 15.5. The molecule has 0 amide bonds. The average Bonchev–Trinajstić information content (AvgIpc) is 2.40. The van der Waals surface area contributed by atoms with E-state index in [1.165, 1.54) is 10.6 Å². The van der Waals surface area contributed by atoms with Gasteiger partial charge in [-0.3, -0.25) is 0 Å². The van der Waals surface area contributed by atoms with Gasteiger partial charge in [0.15, 0.2) is 0 Å². The summed E-state index contributed by atoms with van der Waals surface area (Å²) in [6.45, 7) is 0. The second-order valence-corrected chi connectivity index (χ2v) is 27.3. The Morgan fingerprint density at radius 1 is 0.765 bits per heavy atom. The molecule has 0 aliphatic rings. The van der Waals surface area contributed by atoms with Crippen LogP contribution < -0.4 is 10.6 Å². The summed E-state index contributed by atoms with van der Waals surface area (Å²) in [6, 6.07) is 21.4. The van der Waals surface area contributed by atoms with Crippen LogP contribution in [0.2, 0.25) is 0 Å². The van der Waals surface area contributed by atoms with Gasteiger partial charge in [-0.05, 0) is 0 Å². The van der Waals surface area contributed by atoms with Gasteiger partial charge in [0.25, 0.3) is 0 Å². The first-order valence-electron chi connectivity index (χ1n) is 5.02. The third kappa shape index (κ3) is 3.45. The van der Waals surface area contributed by atoms with E-state index in [0.717, 1.165) is 0 Å². The molecule has 0 fully saturated rings. The molecule has 0 saturated carbocycles. The Labute approximate surface area is 128 Å². The Balaban J connectivity index is 2.33. The fourth-order valence-electron chi connectivity index (χ4n) is 1.43. The fourth-order valence-corrected chi connectivity index (χ4v) is 12.9. The summed E-state index contributed by atoms with van der Waals surface area (Å²) in [5, 5.41) is 2.80. The quantitative estimate of drug-likeness (QED) is 0.495. The SMILES string of the molecule is [Se-]P(c1ccccc1)[P+]([Se-])([Se-])c1ccccc1. The van der Waals surface area contributed by atoms with Crippen molar-refractivity contribution in [3.8, 4) is 0 Å². The van der Waals surface area contributed by atoms with E-state index in [2.05, 4.69) is 107 Å². The van der Waals surface area contributed by atoms with Crippen LogP contribution in [0.1, 0.15) is 0 Å². The molecule has 0 aliphatic heterocycles. The van der Waals surface area contributed by atoms with E-state index in [1.54, 1.807) is 0 Å². The van der Waals surface area contributed by atoms with Crippen molar-refractivity contribution in [1.82, 2.24) is 0 Å². The van der Waals surface area contributed by atoms with E-state index < -0.39 is 4.33 Å². The summed E-state index contributed by atoms with van der Waals surface area (Å²) < 4.78 is -1.35. The Hall–Kier alpha value is 0.858. The molecule has 0 aliphatic carbocycles. The van der Waals surface area contributed by atoms with Crippen molar-refractivity contribution >= 4 is 68.0 Å². The van der Waals surface area contributed by atoms with Gasteiger partial charge in [-0.1, -0.05) is 0 Å². The second-order valence-electron chi connectivity index (χ2n) is 3.46. The van der Waals surface area contributed by atoms with Crippen molar-refractivity contribution < 1.29 is 0 Å². The molecule has 1 atom stereocenters. The van der Waals surface area contributed by atoms with E-state index in [0.29, 0.717) is 0 Å². The van der Waals surface area contributed by atoms with Crippen LogP contribution in [-0.2, 0) is 0 Å². The van der Waals surface area contributed by atoms with Gasteiger partial charge in [0.2, 0.25) is 0 Å². The van der Waals surface area contributed by atoms with Crippen molar-refractivity contribution in [2.24, 2.45) is 0 Å². The van der Waals surface area contributed by atoms with Crippen molar-refractivity contribution in [2.45, 2.75) is 0 Å². The minimum atomic E-state index is -1.35. The number of hydrogen-bond donors (Lipinski definition) is 0. The molecule has 0 spiro atoms. The van der Waals surface area contributed by atoms with Gasteiger partial charge in [0, 0.05) is 0 Å². The minimum absolute atomic E-state index is 0.320. The molecule has 0 N–H and O–H groups in total. The summed E-state index contributed by atoms with van der Waals surface area (Å²) in [6.07, 6.45) is -0.320. The normalized spacial score (nSPS) is 13.4. The van der Waals surface area contributed by atoms with Crippen LogP contribution in [0.5, 0.6) is 0 Å². The molecule has 0 radical (unpaired) electrons. The van der Waals surface area contributed by atoms with Gasteiger partial charge in [-0.15, -0.1) is 0 Å². The third-order valence-corrected chi connectivity index (χ3v) is 31.5. The van der Waals surface area contributed by atoms with Crippen LogP contribution in [0.3, 0.4) is 0 Å². The summed E-state index contributed by atoms with van der Waals surface area (Å²) >= 11 is 10.2. The second kappa shape index (κ2) is 6.34. The molecule has 1 unspecified atom stereocenters. The van der Waals surface area contributed by atoms with Crippen molar-refractivity contribution in [1.29, 1.82) is 0 Å². The molecule has 88 valence electrons. The van der Waals surface area contributed by atoms with Crippen LogP contribution >= 0.6 is 10.6 Å². The molecule has 0 saturated heterocycles. The molecule has 0 bridgehead atoms. The zero-order chi connectivity index (χ0) is 12.3. The molecular weight excluding hydrogens is 443 g/mol. The number of benzene rings is 2. The topological polar surface area (TPSA) is 0 Å². The first kappa shape index (κ1) is 14.3. The van der Waals surface area contributed by atoms with Gasteiger partial charge in [-0.25, -0.2) is 0 Å². The number of rotatable bonds is 3. The van der Waals surface area contributed by atoms with E-state index >= 15 is 0 Å². The third-order valence-electron chi connectivity index (χ3n) is 2.30. The Bertz CT molecular complexity index is 474. The number of hydrogen-bond acceptors (Lipinski definition) is 0. The fraction of sp³-hybridized carbons (Fsp3) is 0. The molecule has 0 aromatic heterocycles. The molecular formula is C12H10P2Se3-2. The van der Waals surface area contributed by atoms with Crippen LogP contribution in [0.4, 0.5) is 0 Å². The van der Waals surface area contributed by atoms with Crippen molar-refractivity contribution in [3.63, 3.8) is 0 Å². The Kier molecular flexibility index (Phi) is 5.32. The summed E-state index contributed by atoms with van der Waals surface area (Å²) in [4.78, 5) is 0. The van der Waals surface area contributed by atoms with E-state index in [-0.39, 0.29) is 6.30 Å². The van der Waals surface area contributed by atoms with Gasteiger partial charge < -0.3 is 0 Å². The molecule has 2 rings (SSSR count). The monoisotopic (exact) mass is 456 g/mol. The summed E-state index contributed by atoms with van der Waals surface area (Å²) in [7, 11) is 0. The van der Waals surface area contributed by atoms with Crippen molar-refractivity contribution in [2.75, 3.05) is 0 Å². The summed E-state index contributed by atoms with van der Waals surface area (Å²) in [5.41, 5.74) is 0. The Morgan fingerprint density at radius 2 is 1.24 bits per heavy atom. The van der Waals surface area contributed by atoms with Crippen molar-refractivity contribution in [3.05, 3.63) is 60.7 Å². The molecule has 0 heterocycles. The van der Waals surface area contributed by atoms with Gasteiger partial charge in [0.1, 0.15) is 0 Å². The van der Waals surface area contributed by atoms with Crippen LogP contribution in [0.25, 0.3) is 0 Å². The Morgan fingerprint density at radius 3 is 1.76 bits per heavy atom. The van der Waals surface area contributed by atoms with Gasteiger partial charge in [0.05, 0.1) is 0 Å². The summed E-state index contributed by atoms with van der Waals surface area (Å²) in [5.74, 6) is 0. The van der Waals surface area contributed by atoms with Crippen LogP contribution in [-0.4, -0.2) is 46.7 Å². The molecule has 2 aromatic rings. The maximum absolute atomic E-state index is 3.42. The standard InChI is InChI=1S/C12H11P2Se3/c15-13(11-7-3-1-4-8-11)14(16,17)12-9-5-2-6-10-12/h1-10H,(H,16,17)/q-1/p-1. The first-order chi connectivity index (χ1) is 8.12. The van der Waals surface area contributed by atoms with Crippen LogP contribution in [0, 0.1) is 0 Å². The van der Waals surface area contributed by atoms with E-state index in [1.807, 2.05) is 0 Å². The average molecular weight is 453 g/mol. The molecule has 5 heteroatoms. The van der Waals surface area contributed by atoms with Crippen LogP contribution in [0.15, 0.2) is 60.7 Å². The maximum atomic E-state index is 3.42. The van der Waals surface area contributed by atoms with E-state index in [4.69, 9.17) is 0 Å². The molecule has 0 nitrogen and oxygen atoms in total. The van der Waals surface area contributed by atoms with Gasteiger partial charge in [-0.2, -0.15) is 0 Å². The predicted molar refractivity (Wildman–Crippen MR) is 83.3 cm³/mol. The zero-order valence-corrected chi connectivity index (χ0v) is 15.8. The predicted octanol–water partition coefficient (Wildman–Crippen LogP) is 2.30. The zero-order valence-electron chi connectivity index (χ0n) is 8.89. The van der Waals surface area contributed by atoms with E-state index in [9.17, 15) is 0 Å². The molecule has 2 aromatic carbocycles. The molecule has 17 heavy (non-hydrogen) atoms. The van der Waals surface area contributed by atoms with Gasteiger partial charge >= 0.3 is 129 Å².